The summed E-state index contributed by atoms with van der Waals surface area (Å²) in [6, 6.07) is 8.08. The number of benzene rings is 1. The Balaban J connectivity index is 1.29. The predicted octanol–water partition coefficient (Wildman–Crippen LogP) is 3.23. The lowest BCUT2D eigenvalue weighted by Crippen LogP contribution is -2.56. The van der Waals surface area contributed by atoms with Gasteiger partial charge in [0, 0.05) is 56.3 Å². The highest BCUT2D eigenvalue weighted by Gasteiger charge is 2.34. The number of piperidine rings is 1. The van der Waals surface area contributed by atoms with Gasteiger partial charge in [0.2, 0.25) is 0 Å². The summed E-state index contributed by atoms with van der Waals surface area (Å²) in [5.41, 5.74) is 12.9. The zero-order chi connectivity index (χ0) is 25.5. The molecule has 2 atom stereocenters. The molecule has 0 spiro atoms. The molecule has 1 saturated carbocycles. The molecule has 0 bridgehead atoms. The van der Waals surface area contributed by atoms with Gasteiger partial charge >= 0.3 is 0 Å². The summed E-state index contributed by atoms with van der Waals surface area (Å²) in [7, 11) is 4.29. The van der Waals surface area contributed by atoms with Crippen LogP contribution in [0.2, 0.25) is 0 Å². The second-order valence-electron chi connectivity index (χ2n) is 10.6. The first-order valence-electron chi connectivity index (χ1n) is 13.2. The van der Waals surface area contributed by atoms with Crippen LogP contribution in [0.3, 0.4) is 0 Å². The minimum absolute atomic E-state index is 0.144. The quantitative estimate of drug-likeness (QED) is 0.322. The van der Waals surface area contributed by atoms with Crippen LogP contribution in [0, 0.1) is 11.7 Å². The largest absolute Gasteiger partial charge is 0.405 e. The molecule has 0 radical (unpaired) electrons. The maximum Gasteiger partial charge on any atom is 0.123 e. The smallest absolute Gasteiger partial charge is 0.123 e. The molecule has 0 amide bonds. The first kappa shape index (κ1) is 27.3. The fourth-order valence-corrected chi connectivity index (χ4v) is 6.48. The van der Waals surface area contributed by atoms with Gasteiger partial charge in [0.05, 0.1) is 18.5 Å². The molecule has 9 heteroatoms. The van der Waals surface area contributed by atoms with Gasteiger partial charge in [-0.2, -0.15) is 0 Å². The molecule has 4 rings (SSSR count). The van der Waals surface area contributed by atoms with Gasteiger partial charge in [-0.1, -0.05) is 12.1 Å². The van der Waals surface area contributed by atoms with E-state index in [1.807, 2.05) is 12.1 Å². The number of halogens is 1. The number of nitrogens with zero attached hydrogens (tertiary/aromatic N) is 3. The molecule has 5 N–H and O–H groups in total. The Bertz CT molecular complexity index is 885. The van der Waals surface area contributed by atoms with Crippen molar-refractivity contribution in [2.45, 2.75) is 56.2 Å². The minimum Gasteiger partial charge on any atom is -0.405 e. The monoisotopic (exact) mass is 518 g/mol. The van der Waals surface area contributed by atoms with Crippen molar-refractivity contribution in [1.29, 1.82) is 0 Å². The third-order valence-electron chi connectivity index (χ3n) is 7.91. The van der Waals surface area contributed by atoms with Crippen LogP contribution in [-0.2, 0) is 4.74 Å². The number of likely N-dealkylation sites (tertiary alicyclic amines) is 1. The van der Waals surface area contributed by atoms with Crippen LogP contribution in [0.15, 0.2) is 48.4 Å². The Morgan fingerprint density at radius 2 is 1.97 bits per heavy atom. The van der Waals surface area contributed by atoms with E-state index in [9.17, 15) is 4.39 Å². The Morgan fingerprint density at radius 3 is 2.67 bits per heavy atom. The van der Waals surface area contributed by atoms with Crippen molar-refractivity contribution in [3.8, 4) is 0 Å². The first-order valence-corrected chi connectivity index (χ1v) is 14.0. The molecule has 2 saturated heterocycles. The molecule has 0 aromatic heterocycles. The maximum absolute atomic E-state index is 13.6. The third-order valence-corrected chi connectivity index (χ3v) is 8.87. The van der Waals surface area contributed by atoms with Gasteiger partial charge in [0.1, 0.15) is 5.82 Å². The van der Waals surface area contributed by atoms with Gasteiger partial charge in [0.25, 0.3) is 0 Å². The topological polar surface area (TPSA) is 83.0 Å². The second kappa shape index (κ2) is 13.1. The molecule has 7 nitrogen and oxygen atoms in total. The van der Waals surface area contributed by atoms with Crippen molar-refractivity contribution in [2.75, 3.05) is 46.9 Å². The molecule has 200 valence electrons. The lowest BCUT2D eigenvalue weighted by atomic mass is 9.82. The number of ether oxygens (including phenoxy) is 1. The van der Waals surface area contributed by atoms with Crippen LogP contribution in [0.25, 0.3) is 0 Å². The number of hydrogen-bond donors (Lipinski definition) is 3. The molecule has 3 fully saturated rings. The third kappa shape index (κ3) is 7.38. The fourth-order valence-electron chi connectivity index (χ4n) is 5.39. The number of hydrogen-bond acceptors (Lipinski definition) is 8. The van der Waals surface area contributed by atoms with Crippen molar-refractivity contribution >= 4 is 12.1 Å². The highest BCUT2D eigenvalue weighted by atomic mass is 32.2. The van der Waals surface area contributed by atoms with E-state index >= 15 is 0 Å². The minimum atomic E-state index is -0.144. The summed E-state index contributed by atoms with van der Waals surface area (Å²) < 4.78 is 26.3. The average Bonchev–Trinajstić information content (AvgIpc) is 2.85. The fraction of sp³-hybridized carbons (Fsp3) is 0.630. The van der Waals surface area contributed by atoms with Crippen LogP contribution < -0.4 is 16.2 Å². The Labute approximate surface area is 220 Å². The van der Waals surface area contributed by atoms with E-state index in [1.54, 1.807) is 24.3 Å². The normalized spacial score (nSPS) is 28.7. The number of likely N-dealkylation sites (N-methyl/N-ethyl adjacent to an activating group) is 1. The lowest BCUT2D eigenvalue weighted by Gasteiger charge is -2.44. The van der Waals surface area contributed by atoms with Gasteiger partial charge in [0.15, 0.2) is 0 Å². The van der Waals surface area contributed by atoms with E-state index < -0.39 is 0 Å². The van der Waals surface area contributed by atoms with E-state index in [1.165, 1.54) is 12.3 Å². The van der Waals surface area contributed by atoms with Gasteiger partial charge < -0.3 is 26.0 Å². The Hall–Kier alpha value is -1.78. The van der Waals surface area contributed by atoms with E-state index in [4.69, 9.17) is 16.2 Å². The van der Waals surface area contributed by atoms with E-state index in [0.717, 1.165) is 69.7 Å². The Morgan fingerprint density at radius 1 is 1.19 bits per heavy atom. The summed E-state index contributed by atoms with van der Waals surface area (Å²) in [6.45, 7) is 4.65. The van der Waals surface area contributed by atoms with Crippen molar-refractivity contribution in [2.24, 2.45) is 17.4 Å². The zero-order valence-corrected chi connectivity index (χ0v) is 22.5. The van der Waals surface area contributed by atoms with Gasteiger partial charge in [-0.15, -0.1) is 0 Å². The molecule has 1 aromatic rings. The SMILES string of the molecule is CN(C)C1CN(SNC2CCN(/C(N)=C/C=C\N)CC2COC2CCC(c3cccc(F)c3)CC2)C1. The van der Waals surface area contributed by atoms with Crippen LogP contribution in [-0.4, -0.2) is 79.2 Å². The summed E-state index contributed by atoms with van der Waals surface area (Å²) in [5.74, 6) is 1.38. The van der Waals surface area contributed by atoms with Crippen LogP contribution in [0.1, 0.15) is 43.6 Å². The molecule has 1 aromatic carbocycles. The molecule has 2 unspecified atom stereocenters. The van der Waals surface area contributed by atoms with Crippen molar-refractivity contribution in [3.05, 3.63) is 59.8 Å². The molecule has 2 aliphatic heterocycles. The summed E-state index contributed by atoms with van der Waals surface area (Å²) >= 11 is 1.76. The highest BCUT2D eigenvalue weighted by Crippen LogP contribution is 2.35. The highest BCUT2D eigenvalue weighted by molar-refractivity contribution is 7.95. The second-order valence-corrected chi connectivity index (χ2v) is 11.5. The molecule has 36 heavy (non-hydrogen) atoms. The number of rotatable bonds is 10. The van der Waals surface area contributed by atoms with Crippen molar-refractivity contribution < 1.29 is 9.13 Å². The zero-order valence-electron chi connectivity index (χ0n) is 21.7. The molecular formula is C27H43FN6OS. The first-order chi connectivity index (χ1) is 17.4. The molecule has 1 aliphatic carbocycles. The van der Waals surface area contributed by atoms with E-state index in [-0.39, 0.29) is 11.9 Å². The van der Waals surface area contributed by atoms with Gasteiger partial charge in [-0.05, 0) is 88.2 Å². The Kier molecular flexibility index (Phi) is 9.95. The molecule has 3 aliphatic rings. The maximum atomic E-state index is 13.6. The van der Waals surface area contributed by atoms with Crippen LogP contribution >= 0.6 is 12.1 Å². The van der Waals surface area contributed by atoms with Crippen LogP contribution in [0.5, 0.6) is 0 Å². The summed E-state index contributed by atoms with van der Waals surface area (Å²) in [6.07, 6.45) is 10.6. The summed E-state index contributed by atoms with van der Waals surface area (Å²) in [4.78, 5) is 4.53. The van der Waals surface area contributed by atoms with E-state index in [2.05, 4.69) is 39.0 Å². The average molecular weight is 519 g/mol. The van der Waals surface area contributed by atoms with E-state index in [0.29, 0.717) is 30.5 Å². The van der Waals surface area contributed by atoms with Crippen molar-refractivity contribution in [3.63, 3.8) is 0 Å². The van der Waals surface area contributed by atoms with Crippen LogP contribution in [0.4, 0.5) is 4.39 Å². The summed E-state index contributed by atoms with van der Waals surface area (Å²) in [5, 5.41) is 0. The lowest BCUT2D eigenvalue weighted by molar-refractivity contribution is -0.0136. The number of nitrogens with one attached hydrogen (secondary N) is 1. The van der Waals surface area contributed by atoms with Gasteiger partial charge in [-0.3, -0.25) is 0 Å². The standard InChI is InChI=1S/C27H43FN6OS/c1-32(2)24-17-34(18-24)36-31-26-12-14-33(27(30)7-4-13-29)16-22(26)19-35-25-10-8-20(9-11-25)21-5-3-6-23(28)15-21/h3-7,13,15,20,22,24-26,31H,8-12,14,16-19,29-30H2,1-2H3/b13-4-,27-7+. The number of nitrogens with two attached hydrogens (primary N) is 2. The molecular weight excluding hydrogens is 475 g/mol. The number of allylic oxidation sites excluding steroid dienone is 2. The van der Waals surface area contributed by atoms with Crippen molar-refractivity contribution in [1.82, 2.24) is 18.8 Å². The van der Waals surface area contributed by atoms with Gasteiger partial charge in [-0.25, -0.2) is 13.4 Å². The molecule has 2 heterocycles. The predicted molar refractivity (Wildman–Crippen MR) is 146 cm³/mol.